The summed E-state index contributed by atoms with van der Waals surface area (Å²) in [5.74, 6) is -0.0851. The molecule has 1 atom stereocenters. The number of thiazole rings is 1. The smallest absolute Gasteiger partial charge is 0.249 e. The molecule has 5 rings (SSSR count). The van der Waals surface area contributed by atoms with E-state index in [0.29, 0.717) is 12.7 Å². The van der Waals surface area contributed by atoms with Crippen LogP contribution in [0.1, 0.15) is 36.4 Å². The molecule has 168 valence electrons. The van der Waals surface area contributed by atoms with Gasteiger partial charge < -0.3 is 15.5 Å². The summed E-state index contributed by atoms with van der Waals surface area (Å²) in [5.41, 5.74) is 3.28. The van der Waals surface area contributed by atoms with Gasteiger partial charge in [0, 0.05) is 30.1 Å². The van der Waals surface area contributed by atoms with Crippen LogP contribution in [0.4, 0.5) is 10.7 Å². The minimum absolute atomic E-state index is 0.0851. The molecule has 2 aromatic heterocycles. The first-order valence-corrected chi connectivity index (χ1v) is 11.9. The molecular formula is C23H29N7OS. The van der Waals surface area contributed by atoms with Crippen LogP contribution < -0.4 is 20.9 Å². The van der Waals surface area contributed by atoms with Crippen LogP contribution in [0.3, 0.4) is 0 Å². The monoisotopic (exact) mass is 451 g/mol. The van der Waals surface area contributed by atoms with E-state index in [1.165, 1.54) is 11.3 Å². The fourth-order valence-electron chi connectivity index (χ4n) is 4.52. The van der Waals surface area contributed by atoms with E-state index in [0.717, 1.165) is 58.3 Å². The number of amides is 1. The van der Waals surface area contributed by atoms with Gasteiger partial charge in [0.1, 0.15) is 10.5 Å². The Labute approximate surface area is 192 Å². The van der Waals surface area contributed by atoms with Crippen LogP contribution in [0, 0.1) is 6.92 Å². The van der Waals surface area contributed by atoms with Crippen molar-refractivity contribution in [1.82, 2.24) is 25.4 Å². The lowest BCUT2D eigenvalue weighted by molar-refractivity contribution is -0.122. The average Bonchev–Trinajstić information content (AvgIpc) is 3.46. The van der Waals surface area contributed by atoms with Gasteiger partial charge in [-0.2, -0.15) is 5.10 Å². The molecule has 1 saturated heterocycles. The van der Waals surface area contributed by atoms with E-state index in [2.05, 4.69) is 60.0 Å². The number of carbonyl (C=O) groups is 1. The van der Waals surface area contributed by atoms with Crippen LogP contribution in [-0.2, 0) is 10.3 Å². The van der Waals surface area contributed by atoms with Crippen molar-refractivity contribution in [2.45, 2.75) is 38.3 Å². The normalized spacial score (nSPS) is 21.4. The standard InChI is InChI=1S/C23H29N7OS/c1-15-25-12-21(32-15)28-22(31)23(2)19-10-16(4-5-20(19)29(3)14-26-23)17-11-27-30(13-17)18-6-8-24-9-7-18/h4-5,10-13,18,24,26H,6-9,14H2,1-3H3,(H,28,31). The van der Waals surface area contributed by atoms with Crippen LogP contribution >= 0.6 is 11.3 Å². The van der Waals surface area contributed by atoms with Gasteiger partial charge in [-0.3, -0.25) is 14.8 Å². The molecule has 0 aliphatic carbocycles. The van der Waals surface area contributed by atoms with Crippen LogP contribution in [-0.4, -0.2) is 47.5 Å². The SMILES string of the molecule is Cc1ncc(NC(=O)C2(C)NCN(C)c3ccc(-c4cnn(C5CCNCC5)c4)cc32)s1. The number of piperidine rings is 1. The lowest BCUT2D eigenvalue weighted by Gasteiger charge is -2.40. The lowest BCUT2D eigenvalue weighted by atomic mass is 9.85. The quantitative estimate of drug-likeness (QED) is 0.565. The number of carbonyl (C=O) groups excluding carboxylic acids is 1. The molecule has 1 unspecified atom stereocenters. The summed E-state index contributed by atoms with van der Waals surface area (Å²) in [4.78, 5) is 19.8. The van der Waals surface area contributed by atoms with E-state index in [9.17, 15) is 4.79 Å². The number of hydrogen-bond acceptors (Lipinski definition) is 7. The molecule has 2 aliphatic heterocycles. The average molecular weight is 452 g/mol. The van der Waals surface area contributed by atoms with Crippen LogP contribution in [0.5, 0.6) is 0 Å². The third-order valence-corrected chi connectivity index (χ3v) is 7.37. The summed E-state index contributed by atoms with van der Waals surface area (Å²) in [6.07, 6.45) is 7.96. The van der Waals surface area contributed by atoms with E-state index in [1.807, 2.05) is 27.1 Å². The zero-order valence-corrected chi connectivity index (χ0v) is 19.5. The number of hydrogen-bond donors (Lipinski definition) is 3. The number of fused-ring (bicyclic) bond motifs is 1. The van der Waals surface area contributed by atoms with Gasteiger partial charge in [0.2, 0.25) is 5.91 Å². The Morgan fingerprint density at radius 3 is 2.81 bits per heavy atom. The van der Waals surface area contributed by atoms with Gasteiger partial charge in [-0.05, 0) is 57.5 Å². The number of nitrogens with one attached hydrogen (secondary N) is 3. The topological polar surface area (TPSA) is 87.1 Å². The number of nitrogens with zero attached hydrogens (tertiary/aromatic N) is 4. The zero-order chi connectivity index (χ0) is 22.3. The maximum atomic E-state index is 13.4. The van der Waals surface area contributed by atoms with Crippen molar-refractivity contribution in [3.05, 3.63) is 47.4 Å². The maximum absolute atomic E-state index is 13.4. The molecule has 0 spiro atoms. The predicted molar refractivity (Wildman–Crippen MR) is 128 cm³/mol. The first kappa shape index (κ1) is 21.1. The highest BCUT2D eigenvalue weighted by atomic mass is 32.1. The molecule has 0 bridgehead atoms. The van der Waals surface area contributed by atoms with E-state index in [-0.39, 0.29) is 5.91 Å². The van der Waals surface area contributed by atoms with Crippen molar-refractivity contribution in [1.29, 1.82) is 0 Å². The Balaban J connectivity index is 1.47. The van der Waals surface area contributed by atoms with Gasteiger partial charge in [-0.15, -0.1) is 11.3 Å². The molecule has 1 amide bonds. The minimum atomic E-state index is -0.860. The summed E-state index contributed by atoms with van der Waals surface area (Å²) in [5, 5.41) is 16.2. The molecule has 2 aliphatic rings. The highest BCUT2D eigenvalue weighted by Gasteiger charge is 2.41. The number of benzene rings is 1. The molecule has 0 radical (unpaired) electrons. The Kier molecular flexibility index (Phi) is 5.48. The van der Waals surface area contributed by atoms with Gasteiger partial charge >= 0.3 is 0 Å². The second-order valence-corrected chi connectivity index (χ2v) is 10.0. The first-order chi connectivity index (χ1) is 15.4. The van der Waals surface area contributed by atoms with Crippen molar-refractivity contribution < 1.29 is 4.79 Å². The lowest BCUT2D eigenvalue weighted by Crippen LogP contribution is -2.56. The van der Waals surface area contributed by atoms with E-state index < -0.39 is 5.54 Å². The molecule has 8 nitrogen and oxygen atoms in total. The van der Waals surface area contributed by atoms with Gasteiger partial charge in [-0.25, -0.2) is 4.98 Å². The third kappa shape index (κ3) is 3.80. The first-order valence-electron chi connectivity index (χ1n) is 11.0. The van der Waals surface area contributed by atoms with E-state index in [4.69, 9.17) is 0 Å². The second kappa shape index (κ2) is 8.31. The molecule has 1 aromatic carbocycles. The highest BCUT2D eigenvalue weighted by Crippen LogP contribution is 2.38. The number of anilines is 2. The van der Waals surface area contributed by atoms with Crippen molar-refractivity contribution in [2.24, 2.45) is 0 Å². The summed E-state index contributed by atoms with van der Waals surface area (Å²) in [7, 11) is 2.03. The Bertz CT molecular complexity index is 1130. The second-order valence-electron chi connectivity index (χ2n) is 8.78. The van der Waals surface area contributed by atoms with Crippen LogP contribution in [0.15, 0.2) is 36.8 Å². The summed E-state index contributed by atoms with van der Waals surface area (Å²) in [6.45, 7) is 6.53. The largest absolute Gasteiger partial charge is 0.361 e. The molecule has 3 aromatic rings. The predicted octanol–water partition coefficient (Wildman–Crippen LogP) is 3.09. The number of aryl methyl sites for hydroxylation is 1. The summed E-state index contributed by atoms with van der Waals surface area (Å²) < 4.78 is 2.10. The molecule has 4 heterocycles. The molecule has 1 fully saturated rings. The summed E-state index contributed by atoms with van der Waals surface area (Å²) in [6, 6.07) is 6.79. The Hall–Kier alpha value is -2.75. The van der Waals surface area contributed by atoms with Crippen LogP contribution in [0.25, 0.3) is 11.1 Å². The molecule has 0 saturated carbocycles. The highest BCUT2D eigenvalue weighted by molar-refractivity contribution is 7.15. The fraction of sp³-hybridized carbons (Fsp3) is 0.435. The summed E-state index contributed by atoms with van der Waals surface area (Å²) >= 11 is 1.48. The van der Waals surface area contributed by atoms with Gasteiger partial charge in [0.15, 0.2) is 0 Å². The minimum Gasteiger partial charge on any atom is -0.361 e. The third-order valence-electron chi connectivity index (χ3n) is 6.55. The van der Waals surface area contributed by atoms with Crippen molar-refractivity contribution in [3.8, 4) is 11.1 Å². The van der Waals surface area contributed by atoms with Crippen molar-refractivity contribution >= 4 is 27.9 Å². The van der Waals surface area contributed by atoms with E-state index >= 15 is 0 Å². The van der Waals surface area contributed by atoms with Gasteiger partial charge in [-0.1, -0.05) is 6.07 Å². The van der Waals surface area contributed by atoms with E-state index in [1.54, 1.807) is 6.20 Å². The van der Waals surface area contributed by atoms with Crippen LogP contribution in [0.2, 0.25) is 0 Å². The number of rotatable bonds is 4. The molecule has 32 heavy (non-hydrogen) atoms. The van der Waals surface area contributed by atoms with Crippen molar-refractivity contribution in [2.75, 3.05) is 37.0 Å². The zero-order valence-electron chi connectivity index (χ0n) is 18.7. The van der Waals surface area contributed by atoms with Gasteiger partial charge in [0.05, 0.1) is 30.1 Å². The Morgan fingerprint density at radius 1 is 1.25 bits per heavy atom. The number of aromatic nitrogens is 3. The van der Waals surface area contributed by atoms with Crippen molar-refractivity contribution in [3.63, 3.8) is 0 Å². The molecule has 3 N–H and O–H groups in total. The Morgan fingerprint density at radius 2 is 2.06 bits per heavy atom. The molecule has 9 heteroatoms. The fourth-order valence-corrected chi connectivity index (χ4v) is 5.20. The maximum Gasteiger partial charge on any atom is 0.249 e. The molecular weight excluding hydrogens is 422 g/mol. The van der Waals surface area contributed by atoms with Gasteiger partial charge in [0.25, 0.3) is 0 Å².